The number of alkyl halides is 3. The van der Waals surface area contributed by atoms with E-state index in [1.54, 1.807) is 24.3 Å². The van der Waals surface area contributed by atoms with Gasteiger partial charge in [-0.1, -0.05) is 18.2 Å². The van der Waals surface area contributed by atoms with Crippen LogP contribution in [0.1, 0.15) is 11.1 Å². The van der Waals surface area contributed by atoms with Crippen LogP contribution in [0.5, 0.6) is 0 Å². The zero-order valence-corrected chi connectivity index (χ0v) is 13.6. The summed E-state index contributed by atoms with van der Waals surface area (Å²) < 4.78 is 54.2. The Balaban J connectivity index is 2.18. The molecule has 0 atom stereocenters. The van der Waals surface area contributed by atoms with Gasteiger partial charge >= 0.3 is 6.18 Å². The number of amidine groups is 1. The second-order valence-electron chi connectivity index (χ2n) is 5.45. The SMILES string of the molecule is N=C(N)/C=C(\Nc1ccc(F)cc1)c1cccc(COCC(F)(F)F)c1. The van der Waals surface area contributed by atoms with Gasteiger partial charge in [0.25, 0.3) is 0 Å². The van der Waals surface area contributed by atoms with Crippen molar-refractivity contribution < 1.29 is 22.3 Å². The molecule has 0 bridgehead atoms. The predicted molar refractivity (Wildman–Crippen MR) is 92.1 cm³/mol. The van der Waals surface area contributed by atoms with Gasteiger partial charge in [-0.2, -0.15) is 13.2 Å². The number of hydrogen-bond acceptors (Lipinski definition) is 3. The van der Waals surface area contributed by atoms with E-state index in [1.807, 2.05) is 0 Å². The Morgan fingerprint density at radius 2 is 1.85 bits per heavy atom. The summed E-state index contributed by atoms with van der Waals surface area (Å²) in [7, 11) is 0. The van der Waals surface area contributed by atoms with E-state index >= 15 is 0 Å². The largest absolute Gasteiger partial charge is 0.411 e. The average Bonchev–Trinajstić information content (AvgIpc) is 2.55. The van der Waals surface area contributed by atoms with Gasteiger partial charge < -0.3 is 15.8 Å². The van der Waals surface area contributed by atoms with Gasteiger partial charge in [-0.05, 0) is 41.5 Å². The van der Waals surface area contributed by atoms with E-state index in [0.29, 0.717) is 22.5 Å². The minimum absolute atomic E-state index is 0.211. The molecular formula is C18H17F4N3O. The predicted octanol–water partition coefficient (Wildman–Crippen LogP) is 4.29. The highest BCUT2D eigenvalue weighted by molar-refractivity contribution is 5.98. The van der Waals surface area contributed by atoms with E-state index in [-0.39, 0.29) is 12.4 Å². The van der Waals surface area contributed by atoms with Gasteiger partial charge in [-0.15, -0.1) is 0 Å². The number of benzene rings is 2. The van der Waals surface area contributed by atoms with Crippen molar-refractivity contribution in [3.63, 3.8) is 0 Å². The van der Waals surface area contributed by atoms with E-state index in [1.165, 1.54) is 30.3 Å². The Kier molecular flexibility index (Phi) is 6.35. The third-order valence-corrected chi connectivity index (χ3v) is 3.20. The second-order valence-corrected chi connectivity index (χ2v) is 5.45. The number of anilines is 1. The Morgan fingerprint density at radius 1 is 1.15 bits per heavy atom. The van der Waals surface area contributed by atoms with Crippen LogP contribution in [0.4, 0.5) is 23.2 Å². The van der Waals surface area contributed by atoms with Gasteiger partial charge in [0.15, 0.2) is 0 Å². The lowest BCUT2D eigenvalue weighted by Gasteiger charge is -2.13. The first-order valence-corrected chi connectivity index (χ1v) is 7.55. The maximum Gasteiger partial charge on any atom is 0.411 e. The zero-order valence-electron chi connectivity index (χ0n) is 13.6. The van der Waals surface area contributed by atoms with Gasteiger partial charge in [0.05, 0.1) is 6.61 Å². The molecule has 0 aliphatic rings. The summed E-state index contributed by atoms with van der Waals surface area (Å²) in [6.07, 6.45) is -3.03. The highest BCUT2D eigenvalue weighted by atomic mass is 19.4. The highest BCUT2D eigenvalue weighted by Gasteiger charge is 2.27. The van der Waals surface area contributed by atoms with Gasteiger partial charge in [-0.3, -0.25) is 5.41 Å². The van der Waals surface area contributed by atoms with Crippen molar-refractivity contribution in [3.05, 3.63) is 71.6 Å². The minimum Gasteiger partial charge on any atom is -0.384 e. The molecule has 4 N–H and O–H groups in total. The van der Waals surface area contributed by atoms with Crippen molar-refractivity contribution in [2.75, 3.05) is 11.9 Å². The Labute approximate surface area is 147 Å². The van der Waals surface area contributed by atoms with Crippen LogP contribution in [0, 0.1) is 11.2 Å². The monoisotopic (exact) mass is 367 g/mol. The van der Waals surface area contributed by atoms with E-state index in [4.69, 9.17) is 11.1 Å². The summed E-state index contributed by atoms with van der Waals surface area (Å²) in [6, 6.07) is 12.2. The molecule has 0 heterocycles. The Hall–Kier alpha value is -2.87. The van der Waals surface area contributed by atoms with Crippen LogP contribution in [0.25, 0.3) is 5.70 Å². The quantitative estimate of drug-likeness (QED) is 0.388. The lowest BCUT2D eigenvalue weighted by Crippen LogP contribution is -2.16. The lowest BCUT2D eigenvalue weighted by molar-refractivity contribution is -0.176. The molecule has 0 aliphatic heterocycles. The van der Waals surface area contributed by atoms with Gasteiger partial charge in [0.2, 0.25) is 0 Å². The Morgan fingerprint density at radius 3 is 2.46 bits per heavy atom. The molecule has 8 heteroatoms. The zero-order chi connectivity index (χ0) is 19.2. The van der Waals surface area contributed by atoms with E-state index in [0.717, 1.165) is 0 Å². The molecule has 0 amide bonds. The third-order valence-electron chi connectivity index (χ3n) is 3.20. The van der Waals surface area contributed by atoms with E-state index in [9.17, 15) is 17.6 Å². The van der Waals surface area contributed by atoms with Gasteiger partial charge in [-0.25, -0.2) is 4.39 Å². The van der Waals surface area contributed by atoms with Crippen LogP contribution in [0.15, 0.2) is 54.6 Å². The molecule has 0 saturated carbocycles. The van der Waals surface area contributed by atoms with Crippen LogP contribution in [-0.2, 0) is 11.3 Å². The van der Waals surface area contributed by atoms with Crippen LogP contribution >= 0.6 is 0 Å². The van der Waals surface area contributed by atoms with Crippen molar-refractivity contribution in [1.82, 2.24) is 0 Å². The molecule has 2 aromatic carbocycles. The molecule has 26 heavy (non-hydrogen) atoms. The smallest absolute Gasteiger partial charge is 0.384 e. The summed E-state index contributed by atoms with van der Waals surface area (Å²) in [5, 5.41) is 10.5. The maximum absolute atomic E-state index is 13.0. The van der Waals surface area contributed by atoms with Crippen molar-refractivity contribution >= 4 is 17.2 Å². The minimum atomic E-state index is -4.39. The average molecular weight is 367 g/mol. The van der Waals surface area contributed by atoms with Gasteiger partial charge in [0, 0.05) is 17.5 Å². The number of halogens is 4. The number of ether oxygens (including phenoxy) is 1. The standard InChI is InChI=1S/C18H17F4N3O/c19-14-4-6-15(7-5-14)25-16(9-17(23)24)13-3-1-2-12(8-13)10-26-11-18(20,21)22/h1-9,25H,10-11H2,(H3,23,24)/b16-9-. The van der Waals surface area contributed by atoms with Crippen LogP contribution in [-0.4, -0.2) is 18.6 Å². The molecule has 0 unspecified atom stereocenters. The molecule has 0 spiro atoms. The summed E-state index contributed by atoms with van der Waals surface area (Å²) in [5.41, 5.74) is 7.57. The number of nitrogens with two attached hydrogens (primary N) is 1. The first kappa shape index (κ1) is 19.5. The molecule has 138 valence electrons. The molecule has 0 saturated heterocycles. The van der Waals surface area contributed by atoms with Crippen LogP contribution in [0.2, 0.25) is 0 Å². The van der Waals surface area contributed by atoms with Gasteiger partial charge in [0.1, 0.15) is 18.3 Å². The van der Waals surface area contributed by atoms with Crippen LogP contribution < -0.4 is 11.1 Å². The third kappa shape index (κ3) is 6.56. The molecule has 0 radical (unpaired) electrons. The summed E-state index contributed by atoms with van der Waals surface area (Å²) in [4.78, 5) is 0. The lowest BCUT2D eigenvalue weighted by atomic mass is 10.1. The van der Waals surface area contributed by atoms with Crippen molar-refractivity contribution in [2.24, 2.45) is 5.73 Å². The molecule has 2 rings (SSSR count). The highest BCUT2D eigenvalue weighted by Crippen LogP contribution is 2.21. The maximum atomic E-state index is 13.0. The first-order valence-electron chi connectivity index (χ1n) is 7.55. The van der Waals surface area contributed by atoms with E-state index < -0.39 is 18.6 Å². The fourth-order valence-corrected chi connectivity index (χ4v) is 2.15. The van der Waals surface area contributed by atoms with Crippen LogP contribution in [0.3, 0.4) is 0 Å². The first-order chi connectivity index (χ1) is 12.2. The molecule has 0 fully saturated rings. The second kappa shape index (κ2) is 8.48. The fraction of sp³-hybridized carbons (Fsp3) is 0.167. The topological polar surface area (TPSA) is 71.1 Å². The molecular weight excluding hydrogens is 350 g/mol. The van der Waals surface area contributed by atoms with Crippen molar-refractivity contribution in [1.29, 1.82) is 5.41 Å². The van der Waals surface area contributed by atoms with E-state index in [2.05, 4.69) is 10.1 Å². The molecule has 0 aromatic heterocycles. The number of rotatable bonds is 7. The Bertz CT molecular complexity index is 786. The molecule has 4 nitrogen and oxygen atoms in total. The fourth-order valence-electron chi connectivity index (χ4n) is 2.15. The normalized spacial score (nSPS) is 12.1. The number of hydrogen-bond donors (Lipinski definition) is 3. The van der Waals surface area contributed by atoms with Crippen molar-refractivity contribution in [2.45, 2.75) is 12.8 Å². The number of nitrogens with one attached hydrogen (secondary N) is 2. The summed E-state index contributed by atoms with van der Waals surface area (Å²) in [6.45, 7) is -1.54. The molecule has 0 aliphatic carbocycles. The van der Waals surface area contributed by atoms with Crippen molar-refractivity contribution in [3.8, 4) is 0 Å². The summed E-state index contributed by atoms with van der Waals surface area (Å²) in [5.74, 6) is -0.607. The molecule has 2 aromatic rings. The summed E-state index contributed by atoms with van der Waals surface area (Å²) >= 11 is 0.